The highest BCUT2D eigenvalue weighted by Crippen LogP contribution is 2.21. The lowest BCUT2D eigenvalue weighted by Gasteiger charge is -2.14. The van der Waals surface area contributed by atoms with Crippen LogP contribution in [0.25, 0.3) is 0 Å². The lowest BCUT2D eigenvalue weighted by molar-refractivity contribution is 0.594. The SMILES string of the molecule is CCn1nccc1C(N)c1cc(C)cc(F)c1. The summed E-state index contributed by atoms with van der Waals surface area (Å²) >= 11 is 0. The Morgan fingerprint density at radius 3 is 2.82 bits per heavy atom. The van der Waals surface area contributed by atoms with Crippen molar-refractivity contribution in [2.24, 2.45) is 5.73 Å². The number of rotatable bonds is 3. The summed E-state index contributed by atoms with van der Waals surface area (Å²) in [6.45, 7) is 4.61. The number of aryl methyl sites for hydroxylation is 2. The van der Waals surface area contributed by atoms with E-state index in [-0.39, 0.29) is 11.9 Å². The van der Waals surface area contributed by atoms with E-state index in [0.29, 0.717) is 0 Å². The van der Waals surface area contributed by atoms with E-state index in [1.54, 1.807) is 6.20 Å². The molecule has 0 saturated heterocycles. The molecule has 3 nitrogen and oxygen atoms in total. The van der Waals surface area contributed by atoms with Gasteiger partial charge in [0.1, 0.15) is 5.82 Å². The normalized spacial score (nSPS) is 12.7. The van der Waals surface area contributed by atoms with Crippen molar-refractivity contribution in [2.75, 3.05) is 0 Å². The van der Waals surface area contributed by atoms with Crippen molar-refractivity contribution < 1.29 is 4.39 Å². The third kappa shape index (κ3) is 2.36. The first-order valence-electron chi connectivity index (χ1n) is 5.66. The fraction of sp³-hybridized carbons (Fsp3) is 0.308. The van der Waals surface area contributed by atoms with Crippen LogP contribution in [0.2, 0.25) is 0 Å². The van der Waals surface area contributed by atoms with Gasteiger partial charge in [-0.05, 0) is 43.2 Å². The van der Waals surface area contributed by atoms with Crippen molar-refractivity contribution in [3.63, 3.8) is 0 Å². The van der Waals surface area contributed by atoms with Crippen LogP contribution in [0.15, 0.2) is 30.5 Å². The second-order valence-electron chi connectivity index (χ2n) is 4.11. The Labute approximate surface area is 100 Å². The molecule has 0 fully saturated rings. The van der Waals surface area contributed by atoms with Gasteiger partial charge in [-0.2, -0.15) is 5.10 Å². The number of aromatic nitrogens is 2. The monoisotopic (exact) mass is 233 g/mol. The first kappa shape index (κ1) is 11.8. The number of hydrogen-bond donors (Lipinski definition) is 1. The van der Waals surface area contributed by atoms with Gasteiger partial charge in [-0.1, -0.05) is 6.07 Å². The molecular weight excluding hydrogens is 217 g/mol. The zero-order valence-electron chi connectivity index (χ0n) is 10.0. The van der Waals surface area contributed by atoms with Gasteiger partial charge in [0.05, 0.1) is 11.7 Å². The van der Waals surface area contributed by atoms with Crippen molar-refractivity contribution in [3.05, 3.63) is 53.1 Å². The predicted octanol–water partition coefficient (Wildman–Crippen LogP) is 2.40. The maximum Gasteiger partial charge on any atom is 0.123 e. The van der Waals surface area contributed by atoms with Gasteiger partial charge in [0.15, 0.2) is 0 Å². The molecule has 0 aliphatic heterocycles. The Morgan fingerprint density at radius 1 is 1.41 bits per heavy atom. The summed E-state index contributed by atoms with van der Waals surface area (Å²) in [5, 5.41) is 4.17. The molecule has 0 aliphatic carbocycles. The molecule has 0 amide bonds. The van der Waals surface area contributed by atoms with Crippen LogP contribution >= 0.6 is 0 Å². The van der Waals surface area contributed by atoms with Crippen LogP contribution in [0.5, 0.6) is 0 Å². The Bertz CT molecular complexity index is 499. The van der Waals surface area contributed by atoms with Gasteiger partial charge in [0.2, 0.25) is 0 Å². The molecule has 2 rings (SSSR count). The molecule has 2 N–H and O–H groups in total. The van der Waals surface area contributed by atoms with Crippen LogP contribution in [0.3, 0.4) is 0 Å². The molecule has 4 heteroatoms. The first-order chi connectivity index (χ1) is 8.11. The summed E-state index contributed by atoms with van der Waals surface area (Å²) in [4.78, 5) is 0. The van der Waals surface area contributed by atoms with Crippen molar-refractivity contribution in [1.29, 1.82) is 0 Å². The Balaban J connectivity index is 2.39. The molecule has 1 aromatic heterocycles. The van der Waals surface area contributed by atoms with Gasteiger partial charge in [-0.25, -0.2) is 4.39 Å². The summed E-state index contributed by atoms with van der Waals surface area (Å²) in [7, 11) is 0. The molecular formula is C13H16FN3. The van der Waals surface area contributed by atoms with E-state index in [9.17, 15) is 4.39 Å². The minimum Gasteiger partial charge on any atom is -0.319 e. The molecule has 2 aromatic rings. The molecule has 1 atom stereocenters. The van der Waals surface area contributed by atoms with E-state index in [4.69, 9.17) is 5.73 Å². The number of halogens is 1. The van der Waals surface area contributed by atoms with Gasteiger partial charge < -0.3 is 5.73 Å². The van der Waals surface area contributed by atoms with Crippen molar-refractivity contribution >= 4 is 0 Å². The fourth-order valence-corrected chi connectivity index (χ4v) is 1.99. The molecule has 0 spiro atoms. The van der Waals surface area contributed by atoms with E-state index >= 15 is 0 Å². The lowest BCUT2D eigenvalue weighted by atomic mass is 10.0. The van der Waals surface area contributed by atoms with Gasteiger partial charge in [0.25, 0.3) is 0 Å². The highest BCUT2D eigenvalue weighted by molar-refractivity contribution is 5.31. The highest BCUT2D eigenvalue weighted by atomic mass is 19.1. The van der Waals surface area contributed by atoms with Crippen LogP contribution < -0.4 is 5.73 Å². The molecule has 17 heavy (non-hydrogen) atoms. The minimum absolute atomic E-state index is 0.252. The second kappa shape index (κ2) is 4.67. The average molecular weight is 233 g/mol. The van der Waals surface area contributed by atoms with Gasteiger partial charge in [-0.15, -0.1) is 0 Å². The lowest BCUT2D eigenvalue weighted by Crippen LogP contribution is -2.17. The first-order valence-corrected chi connectivity index (χ1v) is 5.66. The second-order valence-corrected chi connectivity index (χ2v) is 4.11. The van der Waals surface area contributed by atoms with Crippen molar-refractivity contribution in [1.82, 2.24) is 9.78 Å². The summed E-state index contributed by atoms with van der Waals surface area (Å²) in [6, 6.07) is 6.40. The summed E-state index contributed by atoms with van der Waals surface area (Å²) in [6.07, 6.45) is 1.71. The summed E-state index contributed by atoms with van der Waals surface area (Å²) in [5.41, 5.74) is 8.70. The van der Waals surface area contributed by atoms with Crippen molar-refractivity contribution in [2.45, 2.75) is 26.4 Å². The minimum atomic E-state index is -0.341. The quantitative estimate of drug-likeness (QED) is 0.884. The maximum atomic E-state index is 13.3. The molecule has 0 aliphatic rings. The van der Waals surface area contributed by atoms with E-state index in [2.05, 4.69) is 5.10 Å². The number of benzene rings is 1. The van der Waals surface area contributed by atoms with E-state index in [1.807, 2.05) is 30.7 Å². The number of nitrogens with two attached hydrogens (primary N) is 1. The van der Waals surface area contributed by atoms with Gasteiger partial charge >= 0.3 is 0 Å². The van der Waals surface area contributed by atoms with E-state index in [0.717, 1.165) is 23.4 Å². The van der Waals surface area contributed by atoms with Gasteiger partial charge in [0, 0.05) is 12.7 Å². The van der Waals surface area contributed by atoms with Crippen LogP contribution in [-0.2, 0) is 6.54 Å². The third-order valence-electron chi connectivity index (χ3n) is 2.79. The van der Waals surface area contributed by atoms with E-state index < -0.39 is 0 Å². The molecule has 1 aromatic carbocycles. The molecule has 0 radical (unpaired) electrons. The molecule has 0 bridgehead atoms. The standard InChI is InChI=1S/C13H16FN3/c1-3-17-12(4-5-16-17)13(15)10-6-9(2)7-11(14)8-10/h4-8,13H,3,15H2,1-2H3. The topological polar surface area (TPSA) is 43.8 Å². The largest absolute Gasteiger partial charge is 0.319 e. The number of hydrogen-bond acceptors (Lipinski definition) is 2. The van der Waals surface area contributed by atoms with E-state index in [1.165, 1.54) is 12.1 Å². The Morgan fingerprint density at radius 2 is 2.18 bits per heavy atom. The molecule has 1 heterocycles. The van der Waals surface area contributed by atoms with Crippen LogP contribution in [-0.4, -0.2) is 9.78 Å². The summed E-state index contributed by atoms with van der Waals surface area (Å²) in [5.74, 6) is -0.252. The van der Waals surface area contributed by atoms with Gasteiger partial charge in [-0.3, -0.25) is 4.68 Å². The predicted molar refractivity (Wildman–Crippen MR) is 65.1 cm³/mol. The number of nitrogens with zero attached hydrogens (tertiary/aromatic N) is 2. The zero-order valence-corrected chi connectivity index (χ0v) is 10.0. The average Bonchev–Trinajstić information content (AvgIpc) is 2.74. The fourth-order valence-electron chi connectivity index (χ4n) is 1.99. The smallest absolute Gasteiger partial charge is 0.123 e. The molecule has 90 valence electrons. The highest BCUT2D eigenvalue weighted by Gasteiger charge is 2.14. The molecule has 0 saturated carbocycles. The molecule has 1 unspecified atom stereocenters. The van der Waals surface area contributed by atoms with Crippen LogP contribution in [0, 0.1) is 12.7 Å². The maximum absolute atomic E-state index is 13.3. The Hall–Kier alpha value is -1.68. The van der Waals surface area contributed by atoms with Crippen molar-refractivity contribution in [3.8, 4) is 0 Å². The van der Waals surface area contributed by atoms with Crippen LogP contribution in [0.4, 0.5) is 4.39 Å². The van der Waals surface area contributed by atoms with Crippen LogP contribution in [0.1, 0.15) is 29.8 Å². The Kier molecular flexibility index (Phi) is 3.24. The summed E-state index contributed by atoms with van der Waals surface area (Å²) < 4.78 is 15.2. The third-order valence-corrected chi connectivity index (χ3v) is 2.79. The zero-order chi connectivity index (χ0) is 12.4.